The van der Waals surface area contributed by atoms with E-state index in [2.05, 4.69) is 18.2 Å². The molecule has 110 valence electrons. The number of aryl methyl sites for hydroxylation is 2. The second kappa shape index (κ2) is 6.19. The van der Waals surface area contributed by atoms with Gasteiger partial charge in [-0.3, -0.25) is 0 Å². The van der Waals surface area contributed by atoms with Gasteiger partial charge in [-0.25, -0.2) is 0 Å². The molecular weight excluding hydrogens is 264 g/mol. The first-order valence-electron chi connectivity index (χ1n) is 7.31. The molecule has 3 heteroatoms. The van der Waals surface area contributed by atoms with Gasteiger partial charge in [-0.05, 0) is 53.6 Å². The van der Waals surface area contributed by atoms with Crippen LogP contribution in [0.15, 0.2) is 36.4 Å². The quantitative estimate of drug-likeness (QED) is 0.916. The molecule has 3 rings (SSSR count). The zero-order valence-corrected chi connectivity index (χ0v) is 12.3. The van der Waals surface area contributed by atoms with Crippen LogP contribution >= 0.6 is 0 Å². The fraction of sp³-hybridized carbons (Fsp3) is 0.333. The molecule has 21 heavy (non-hydrogen) atoms. The van der Waals surface area contributed by atoms with Gasteiger partial charge in [-0.15, -0.1) is 0 Å². The molecule has 0 aliphatic heterocycles. The molecule has 1 N–H and O–H groups in total. The normalized spacial score (nSPS) is 13.0. The van der Waals surface area contributed by atoms with Crippen molar-refractivity contribution in [3.63, 3.8) is 0 Å². The summed E-state index contributed by atoms with van der Waals surface area (Å²) in [6, 6.07) is 12.1. The lowest BCUT2D eigenvalue weighted by Crippen LogP contribution is -1.99. The molecule has 3 nitrogen and oxygen atoms in total. The van der Waals surface area contributed by atoms with Gasteiger partial charge in [0, 0.05) is 0 Å². The highest BCUT2D eigenvalue weighted by molar-refractivity contribution is 5.43. The molecule has 0 saturated heterocycles. The largest absolute Gasteiger partial charge is 0.493 e. The topological polar surface area (TPSA) is 38.7 Å². The third kappa shape index (κ3) is 3.03. The fourth-order valence-corrected chi connectivity index (χ4v) is 2.81. The first-order valence-corrected chi connectivity index (χ1v) is 7.31. The summed E-state index contributed by atoms with van der Waals surface area (Å²) >= 11 is 0. The zero-order valence-electron chi connectivity index (χ0n) is 12.3. The molecule has 0 amide bonds. The van der Waals surface area contributed by atoms with E-state index >= 15 is 0 Å². The summed E-state index contributed by atoms with van der Waals surface area (Å²) in [4.78, 5) is 0. The molecule has 0 bridgehead atoms. The molecule has 0 aromatic heterocycles. The van der Waals surface area contributed by atoms with E-state index in [1.54, 1.807) is 7.11 Å². The van der Waals surface area contributed by atoms with E-state index < -0.39 is 0 Å². The Hall–Kier alpha value is -2.00. The standard InChI is InChI=1S/C18H20O3/c1-20-17-8-6-13(11-19)10-18(17)21-12-14-5-7-15-3-2-4-16(15)9-14/h5-10,19H,2-4,11-12H2,1H3. The number of rotatable bonds is 5. The molecule has 1 aliphatic rings. The third-order valence-corrected chi connectivity index (χ3v) is 3.97. The molecule has 0 spiro atoms. The Bertz CT molecular complexity index is 634. The maximum atomic E-state index is 9.22. The molecule has 0 radical (unpaired) electrons. The van der Waals surface area contributed by atoms with Crippen LogP contribution in [0.3, 0.4) is 0 Å². The molecule has 0 unspecified atom stereocenters. The summed E-state index contributed by atoms with van der Waals surface area (Å²) in [6.07, 6.45) is 3.63. The van der Waals surface area contributed by atoms with Gasteiger partial charge in [0.15, 0.2) is 11.5 Å². The van der Waals surface area contributed by atoms with Crippen molar-refractivity contribution in [3.8, 4) is 11.5 Å². The lowest BCUT2D eigenvalue weighted by molar-refractivity contribution is 0.271. The Morgan fingerprint density at radius 3 is 2.57 bits per heavy atom. The van der Waals surface area contributed by atoms with Gasteiger partial charge in [0.1, 0.15) is 6.61 Å². The summed E-state index contributed by atoms with van der Waals surface area (Å²) in [5, 5.41) is 9.22. The van der Waals surface area contributed by atoms with Crippen LogP contribution in [0.5, 0.6) is 11.5 Å². The number of methoxy groups -OCH3 is 1. The SMILES string of the molecule is COc1ccc(CO)cc1OCc1ccc2c(c1)CCC2. The van der Waals surface area contributed by atoms with Crippen molar-refractivity contribution in [2.24, 2.45) is 0 Å². The highest BCUT2D eigenvalue weighted by Crippen LogP contribution is 2.29. The van der Waals surface area contributed by atoms with Crippen LogP contribution in [0.2, 0.25) is 0 Å². The van der Waals surface area contributed by atoms with E-state index in [0.717, 1.165) is 5.56 Å². The van der Waals surface area contributed by atoms with Crippen LogP contribution in [-0.2, 0) is 26.1 Å². The van der Waals surface area contributed by atoms with E-state index in [0.29, 0.717) is 18.1 Å². The van der Waals surface area contributed by atoms with Crippen LogP contribution in [0, 0.1) is 0 Å². The molecule has 1 aliphatic carbocycles. The predicted molar refractivity (Wildman–Crippen MR) is 81.7 cm³/mol. The summed E-state index contributed by atoms with van der Waals surface area (Å²) in [6.45, 7) is 0.512. The van der Waals surface area contributed by atoms with Crippen molar-refractivity contribution in [2.75, 3.05) is 7.11 Å². The first-order chi connectivity index (χ1) is 10.3. The van der Waals surface area contributed by atoms with Gasteiger partial charge in [0.05, 0.1) is 13.7 Å². The van der Waals surface area contributed by atoms with Gasteiger partial charge < -0.3 is 14.6 Å². The minimum atomic E-state index is -0.000794. The molecule has 0 heterocycles. The zero-order chi connectivity index (χ0) is 14.7. The number of aliphatic hydroxyl groups is 1. The maximum absolute atomic E-state index is 9.22. The van der Waals surface area contributed by atoms with Crippen molar-refractivity contribution in [3.05, 3.63) is 58.7 Å². The molecule has 0 fully saturated rings. The smallest absolute Gasteiger partial charge is 0.162 e. The van der Waals surface area contributed by atoms with Gasteiger partial charge in [0.2, 0.25) is 0 Å². The summed E-state index contributed by atoms with van der Waals surface area (Å²) < 4.78 is 11.2. The maximum Gasteiger partial charge on any atom is 0.162 e. The first kappa shape index (κ1) is 14.0. The Labute approximate surface area is 125 Å². The molecule has 0 atom stereocenters. The molecule has 2 aromatic carbocycles. The summed E-state index contributed by atoms with van der Waals surface area (Å²) in [5.41, 5.74) is 4.91. The lowest BCUT2D eigenvalue weighted by Gasteiger charge is -2.12. The van der Waals surface area contributed by atoms with Crippen LogP contribution < -0.4 is 9.47 Å². The van der Waals surface area contributed by atoms with Crippen LogP contribution in [-0.4, -0.2) is 12.2 Å². The van der Waals surface area contributed by atoms with Gasteiger partial charge in [0.25, 0.3) is 0 Å². The average Bonchev–Trinajstić information content (AvgIpc) is 3.00. The summed E-state index contributed by atoms with van der Waals surface area (Å²) in [7, 11) is 1.62. The third-order valence-electron chi connectivity index (χ3n) is 3.97. The summed E-state index contributed by atoms with van der Waals surface area (Å²) in [5.74, 6) is 1.36. The van der Waals surface area contributed by atoms with Gasteiger partial charge >= 0.3 is 0 Å². The number of hydrogen-bond donors (Lipinski definition) is 1. The van der Waals surface area contributed by atoms with Crippen molar-refractivity contribution >= 4 is 0 Å². The Morgan fingerprint density at radius 1 is 0.952 bits per heavy atom. The number of aliphatic hydroxyl groups excluding tert-OH is 1. The lowest BCUT2D eigenvalue weighted by atomic mass is 10.1. The van der Waals surface area contributed by atoms with Gasteiger partial charge in [-0.1, -0.05) is 24.3 Å². The average molecular weight is 284 g/mol. The molecule has 2 aromatic rings. The number of benzene rings is 2. The molecule has 0 saturated carbocycles. The van der Waals surface area contributed by atoms with Crippen LogP contribution in [0.25, 0.3) is 0 Å². The van der Waals surface area contributed by atoms with E-state index in [-0.39, 0.29) is 6.61 Å². The second-order valence-corrected chi connectivity index (χ2v) is 5.39. The number of ether oxygens (including phenoxy) is 2. The Kier molecular flexibility index (Phi) is 4.11. The van der Waals surface area contributed by atoms with Crippen molar-refractivity contribution in [1.82, 2.24) is 0 Å². The monoisotopic (exact) mass is 284 g/mol. The second-order valence-electron chi connectivity index (χ2n) is 5.39. The van der Waals surface area contributed by atoms with Gasteiger partial charge in [-0.2, -0.15) is 0 Å². The van der Waals surface area contributed by atoms with Crippen molar-refractivity contribution in [2.45, 2.75) is 32.5 Å². The fourth-order valence-electron chi connectivity index (χ4n) is 2.81. The molecular formula is C18H20O3. The van der Waals surface area contributed by atoms with Crippen molar-refractivity contribution in [1.29, 1.82) is 0 Å². The minimum Gasteiger partial charge on any atom is -0.493 e. The Morgan fingerprint density at radius 2 is 1.76 bits per heavy atom. The number of fused-ring (bicyclic) bond motifs is 1. The van der Waals surface area contributed by atoms with Crippen LogP contribution in [0.1, 0.15) is 28.7 Å². The van der Waals surface area contributed by atoms with Crippen LogP contribution in [0.4, 0.5) is 0 Å². The van der Waals surface area contributed by atoms with E-state index in [9.17, 15) is 5.11 Å². The minimum absolute atomic E-state index is 0.000794. The van der Waals surface area contributed by atoms with E-state index in [1.807, 2.05) is 18.2 Å². The highest BCUT2D eigenvalue weighted by Gasteiger charge is 2.11. The highest BCUT2D eigenvalue weighted by atomic mass is 16.5. The number of hydrogen-bond acceptors (Lipinski definition) is 3. The predicted octanol–water partition coefficient (Wildman–Crippen LogP) is 3.26. The van der Waals surface area contributed by atoms with E-state index in [1.165, 1.54) is 36.0 Å². The van der Waals surface area contributed by atoms with Crippen molar-refractivity contribution < 1.29 is 14.6 Å². The van der Waals surface area contributed by atoms with E-state index in [4.69, 9.17) is 9.47 Å². The Balaban J connectivity index is 1.75.